The molecule has 3 aromatic rings. The summed E-state index contributed by atoms with van der Waals surface area (Å²) >= 11 is 5.88. The van der Waals surface area contributed by atoms with Gasteiger partial charge < -0.3 is 9.09 Å². The molecule has 0 atom stereocenters. The molecule has 0 amide bonds. The summed E-state index contributed by atoms with van der Waals surface area (Å²) in [6.45, 7) is 2.28. The minimum absolute atomic E-state index is 0.213. The Morgan fingerprint density at radius 2 is 2.26 bits per heavy atom. The molecule has 3 rings (SSSR count). The first kappa shape index (κ1) is 12.2. The Morgan fingerprint density at radius 3 is 2.95 bits per heavy atom. The van der Waals surface area contributed by atoms with Crippen LogP contribution in [0.1, 0.15) is 17.3 Å². The average molecular weight is 280 g/mol. The predicted molar refractivity (Wildman–Crippen MR) is 69.6 cm³/mol. The smallest absolute Gasteiger partial charge is 0.151 e. The molecule has 0 unspecified atom stereocenters. The lowest BCUT2D eigenvalue weighted by atomic mass is 10.3. The van der Waals surface area contributed by atoms with Gasteiger partial charge in [0.25, 0.3) is 0 Å². The van der Waals surface area contributed by atoms with Crippen molar-refractivity contribution in [1.82, 2.24) is 14.7 Å². The van der Waals surface area contributed by atoms with Gasteiger partial charge in [0.15, 0.2) is 5.82 Å². The third-order valence-electron chi connectivity index (χ3n) is 2.93. The van der Waals surface area contributed by atoms with Crippen molar-refractivity contribution >= 4 is 22.6 Å². The molecule has 19 heavy (non-hydrogen) atoms. The van der Waals surface area contributed by atoms with Crippen LogP contribution in [0.4, 0.5) is 4.39 Å². The number of hydrogen-bond acceptors (Lipinski definition) is 3. The number of rotatable bonds is 3. The van der Waals surface area contributed by atoms with E-state index in [0.717, 1.165) is 11.5 Å². The summed E-state index contributed by atoms with van der Waals surface area (Å²) in [5, 5.41) is 3.93. The molecule has 0 spiro atoms. The number of alkyl halides is 1. The van der Waals surface area contributed by atoms with E-state index in [1.165, 1.54) is 6.07 Å². The summed E-state index contributed by atoms with van der Waals surface area (Å²) in [4.78, 5) is 4.23. The van der Waals surface area contributed by atoms with Crippen LogP contribution in [-0.4, -0.2) is 14.7 Å². The number of fused-ring (bicyclic) bond motifs is 1. The standard InChI is InChI=1S/C13H11ClFN3O/c1-8-5-9(17-19-8)7-18-11-4-2-3-10(15)13(11)16-12(18)6-14/h2-5H,6-7H2,1H3. The van der Waals surface area contributed by atoms with Crippen LogP contribution < -0.4 is 0 Å². The molecule has 0 aliphatic heterocycles. The molecule has 1 aromatic carbocycles. The van der Waals surface area contributed by atoms with Crippen molar-refractivity contribution < 1.29 is 8.91 Å². The van der Waals surface area contributed by atoms with Gasteiger partial charge in [-0.2, -0.15) is 0 Å². The molecular formula is C13H11ClFN3O. The lowest BCUT2D eigenvalue weighted by molar-refractivity contribution is 0.389. The molecule has 0 fully saturated rings. The van der Waals surface area contributed by atoms with E-state index in [4.69, 9.17) is 16.1 Å². The number of halogens is 2. The highest BCUT2D eigenvalue weighted by Gasteiger charge is 2.14. The van der Waals surface area contributed by atoms with E-state index in [2.05, 4.69) is 10.1 Å². The maximum atomic E-state index is 13.7. The number of hydrogen-bond donors (Lipinski definition) is 0. The second kappa shape index (κ2) is 4.66. The molecule has 0 bridgehead atoms. The normalized spacial score (nSPS) is 11.3. The molecule has 0 radical (unpaired) electrons. The van der Waals surface area contributed by atoms with Gasteiger partial charge in [-0.15, -0.1) is 11.6 Å². The predicted octanol–water partition coefficient (Wildman–Crippen LogP) is 3.26. The van der Waals surface area contributed by atoms with Crippen LogP contribution in [0.3, 0.4) is 0 Å². The van der Waals surface area contributed by atoms with Gasteiger partial charge in [-0.1, -0.05) is 11.2 Å². The Hall–Kier alpha value is -1.88. The highest BCUT2D eigenvalue weighted by Crippen LogP contribution is 2.21. The maximum absolute atomic E-state index is 13.7. The topological polar surface area (TPSA) is 43.9 Å². The van der Waals surface area contributed by atoms with E-state index in [-0.39, 0.29) is 11.7 Å². The summed E-state index contributed by atoms with van der Waals surface area (Å²) in [6.07, 6.45) is 0. The molecule has 2 aromatic heterocycles. The Bertz CT molecular complexity index is 735. The third kappa shape index (κ3) is 2.10. The van der Waals surface area contributed by atoms with Crippen molar-refractivity contribution in [2.24, 2.45) is 0 Å². The number of imidazole rings is 1. The van der Waals surface area contributed by atoms with Crippen LogP contribution in [0.5, 0.6) is 0 Å². The molecule has 98 valence electrons. The van der Waals surface area contributed by atoms with Gasteiger partial charge in [0.1, 0.15) is 22.8 Å². The number of aromatic nitrogens is 3. The largest absolute Gasteiger partial charge is 0.361 e. The van der Waals surface area contributed by atoms with E-state index >= 15 is 0 Å². The van der Waals surface area contributed by atoms with Gasteiger partial charge in [-0.05, 0) is 19.1 Å². The SMILES string of the molecule is Cc1cc(Cn2c(CCl)nc3c(F)cccc32)no1. The fourth-order valence-corrected chi connectivity index (χ4v) is 2.30. The minimum Gasteiger partial charge on any atom is -0.361 e. The molecular weight excluding hydrogens is 269 g/mol. The van der Waals surface area contributed by atoms with Crippen molar-refractivity contribution in [3.63, 3.8) is 0 Å². The van der Waals surface area contributed by atoms with Crippen LogP contribution >= 0.6 is 11.6 Å². The zero-order valence-electron chi connectivity index (χ0n) is 10.2. The van der Waals surface area contributed by atoms with Crippen molar-refractivity contribution in [2.45, 2.75) is 19.3 Å². The van der Waals surface area contributed by atoms with E-state index in [0.29, 0.717) is 23.4 Å². The second-order valence-corrected chi connectivity index (χ2v) is 4.55. The number of benzene rings is 1. The van der Waals surface area contributed by atoms with Gasteiger partial charge in [0, 0.05) is 6.07 Å². The first-order valence-corrected chi connectivity index (χ1v) is 6.34. The van der Waals surface area contributed by atoms with Crippen LogP contribution in [-0.2, 0) is 12.4 Å². The lowest BCUT2D eigenvalue weighted by Crippen LogP contribution is -2.04. The molecule has 0 saturated heterocycles. The minimum atomic E-state index is -0.348. The number of nitrogens with zero attached hydrogens (tertiary/aromatic N) is 3. The van der Waals surface area contributed by atoms with Crippen molar-refractivity contribution in [2.75, 3.05) is 0 Å². The zero-order valence-corrected chi connectivity index (χ0v) is 11.0. The number of aryl methyl sites for hydroxylation is 1. The van der Waals surface area contributed by atoms with Crippen molar-refractivity contribution in [3.05, 3.63) is 47.4 Å². The zero-order chi connectivity index (χ0) is 13.4. The fraction of sp³-hybridized carbons (Fsp3) is 0.231. The third-order valence-corrected chi connectivity index (χ3v) is 3.16. The van der Waals surface area contributed by atoms with Crippen molar-refractivity contribution in [3.8, 4) is 0 Å². The number of para-hydroxylation sites is 1. The highest BCUT2D eigenvalue weighted by atomic mass is 35.5. The molecule has 0 aliphatic carbocycles. The maximum Gasteiger partial charge on any atom is 0.151 e. The molecule has 0 saturated carbocycles. The molecule has 0 aliphatic rings. The monoisotopic (exact) mass is 279 g/mol. The van der Waals surface area contributed by atoms with E-state index in [9.17, 15) is 4.39 Å². The van der Waals surface area contributed by atoms with E-state index in [1.54, 1.807) is 6.07 Å². The van der Waals surface area contributed by atoms with E-state index in [1.807, 2.05) is 23.6 Å². The molecule has 4 nitrogen and oxygen atoms in total. The van der Waals surface area contributed by atoms with Gasteiger partial charge in [-0.25, -0.2) is 9.37 Å². The molecule has 2 heterocycles. The Labute approximate surface area is 113 Å². The first-order chi connectivity index (χ1) is 9.19. The average Bonchev–Trinajstić information content (AvgIpc) is 2.96. The van der Waals surface area contributed by atoms with Gasteiger partial charge in [0.05, 0.1) is 17.9 Å². The summed E-state index contributed by atoms with van der Waals surface area (Å²) in [5.41, 5.74) is 1.79. The Balaban J connectivity index is 2.13. The Kier molecular flexibility index (Phi) is 2.98. The second-order valence-electron chi connectivity index (χ2n) is 4.28. The van der Waals surface area contributed by atoms with Gasteiger partial charge >= 0.3 is 0 Å². The molecule has 0 N–H and O–H groups in total. The van der Waals surface area contributed by atoms with Gasteiger partial charge in [-0.3, -0.25) is 0 Å². The van der Waals surface area contributed by atoms with Crippen LogP contribution in [0, 0.1) is 12.7 Å². The van der Waals surface area contributed by atoms with Crippen LogP contribution in [0.25, 0.3) is 11.0 Å². The van der Waals surface area contributed by atoms with Crippen LogP contribution in [0.15, 0.2) is 28.8 Å². The fourth-order valence-electron chi connectivity index (χ4n) is 2.09. The summed E-state index contributed by atoms with van der Waals surface area (Å²) in [6, 6.07) is 6.69. The lowest BCUT2D eigenvalue weighted by Gasteiger charge is -2.04. The first-order valence-electron chi connectivity index (χ1n) is 5.81. The van der Waals surface area contributed by atoms with Crippen LogP contribution in [0.2, 0.25) is 0 Å². The summed E-state index contributed by atoms with van der Waals surface area (Å²) in [7, 11) is 0. The highest BCUT2D eigenvalue weighted by molar-refractivity contribution is 6.16. The summed E-state index contributed by atoms with van der Waals surface area (Å²) < 4.78 is 20.6. The van der Waals surface area contributed by atoms with Gasteiger partial charge in [0.2, 0.25) is 0 Å². The molecule has 6 heteroatoms. The van der Waals surface area contributed by atoms with E-state index < -0.39 is 0 Å². The van der Waals surface area contributed by atoms with Crippen molar-refractivity contribution in [1.29, 1.82) is 0 Å². The quantitative estimate of drug-likeness (QED) is 0.691. The Morgan fingerprint density at radius 1 is 1.42 bits per heavy atom. The summed E-state index contributed by atoms with van der Waals surface area (Å²) in [5.74, 6) is 1.21.